The van der Waals surface area contributed by atoms with Crippen LogP contribution in [-0.4, -0.2) is 87.7 Å². The van der Waals surface area contributed by atoms with E-state index in [1.54, 1.807) is 19.1 Å². The van der Waals surface area contributed by atoms with E-state index in [0.717, 1.165) is 0 Å². The summed E-state index contributed by atoms with van der Waals surface area (Å²) in [5.41, 5.74) is 0.561. The second kappa shape index (κ2) is 9.81. The summed E-state index contributed by atoms with van der Waals surface area (Å²) in [6.07, 6.45) is -8.44. The summed E-state index contributed by atoms with van der Waals surface area (Å²) < 4.78 is 20.9. The van der Waals surface area contributed by atoms with Crippen molar-refractivity contribution in [2.75, 3.05) is 13.7 Å². The molecule has 1 heterocycles. The molecule has 0 aromatic heterocycles. The van der Waals surface area contributed by atoms with E-state index in [9.17, 15) is 34.8 Å². The first-order valence-electron chi connectivity index (χ1n) is 10.1. The van der Waals surface area contributed by atoms with Gasteiger partial charge in [0.2, 0.25) is 6.29 Å². The Balaban J connectivity index is 2.00. The Morgan fingerprint density at radius 1 is 1.06 bits per heavy atom. The number of ketones is 1. The monoisotopic (exact) mass is 480 g/mol. The average molecular weight is 480 g/mol. The first-order valence-corrected chi connectivity index (χ1v) is 10.1. The summed E-state index contributed by atoms with van der Waals surface area (Å²) in [7, 11) is 1.39. The first-order chi connectivity index (χ1) is 16.0. The number of phenols is 1. The number of aliphatic carboxylic acids is 1. The van der Waals surface area contributed by atoms with Crippen molar-refractivity contribution in [3.8, 4) is 17.2 Å². The highest BCUT2D eigenvalue weighted by Gasteiger charge is 2.46. The molecule has 5 atom stereocenters. The lowest BCUT2D eigenvalue weighted by molar-refractivity contribution is -0.278. The van der Waals surface area contributed by atoms with E-state index in [0.29, 0.717) is 16.7 Å². The van der Waals surface area contributed by atoms with Gasteiger partial charge in [-0.1, -0.05) is 6.07 Å². The van der Waals surface area contributed by atoms with Gasteiger partial charge in [-0.25, -0.2) is 9.59 Å². The normalized spacial score (nSPS) is 24.5. The zero-order chi connectivity index (χ0) is 25.3. The van der Waals surface area contributed by atoms with Gasteiger partial charge in [0.05, 0.1) is 18.1 Å². The van der Waals surface area contributed by atoms with Crippen molar-refractivity contribution in [2.45, 2.75) is 44.6 Å². The molecule has 12 nitrogen and oxygen atoms in total. The van der Waals surface area contributed by atoms with Gasteiger partial charge >= 0.3 is 11.9 Å². The fourth-order valence-electron chi connectivity index (χ4n) is 3.75. The zero-order valence-electron chi connectivity index (χ0n) is 18.4. The van der Waals surface area contributed by atoms with Crippen LogP contribution in [0.3, 0.4) is 0 Å². The van der Waals surface area contributed by atoms with E-state index in [4.69, 9.17) is 19.3 Å². The van der Waals surface area contributed by atoms with Gasteiger partial charge in [0.15, 0.2) is 5.78 Å². The molecular weight excluding hydrogens is 456 g/mol. The summed E-state index contributed by atoms with van der Waals surface area (Å²) >= 11 is 0. The summed E-state index contributed by atoms with van der Waals surface area (Å²) in [4.78, 5) is 33.9. The Hall–Kier alpha value is -3.45. The number of hydrogen-bond acceptors (Lipinski definition) is 11. The second-order valence-electron chi connectivity index (χ2n) is 7.73. The van der Waals surface area contributed by atoms with Crippen molar-refractivity contribution in [1.82, 2.24) is 0 Å². The van der Waals surface area contributed by atoms with E-state index in [1.165, 1.54) is 20.1 Å². The highest BCUT2D eigenvalue weighted by molar-refractivity contribution is 6.28. The third kappa shape index (κ3) is 4.75. The molecule has 1 saturated heterocycles. The molecule has 0 bridgehead atoms. The fourth-order valence-corrected chi connectivity index (χ4v) is 3.75. The lowest BCUT2D eigenvalue weighted by Crippen LogP contribution is -2.60. The van der Waals surface area contributed by atoms with Crippen LogP contribution in [0.2, 0.25) is 0 Å². The second-order valence-corrected chi connectivity index (χ2v) is 7.73. The predicted molar refractivity (Wildman–Crippen MR) is 113 cm³/mol. The van der Waals surface area contributed by atoms with Crippen molar-refractivity contribution in [1.29, 1.82) is 0 Å². The smallest absolute Gasteiger partial charge is 0.417 e. The largest absolute Gasteiger partial charge is 0.506 e. The van der Waals surface area contributed by atoms with Gasteiger partial charge in [0, 0.05) is 6.07 Å². The molecular formula is C22H24O12. The molecule has 34 heavy (non-hydrogen) atoms. The molecule has 2 aromatic rings. The van der Waals surface area contributed by atoms with E-state index in [2.05, 4.69) is 4.74 Å². The number of aromatic hydroxyl groups is 1. The SMILES string of the molecule is COc1cc(OC2OC(COC(=O)C(=O)O)C(O)C(O)C2O)c2c(O)c(C(C)=O)c(C)cc2c1. The van der Waals surface area contributed by atoms with Crippen LogP contribution in [0.5, 0.6) is 17.2 Å². The highest BCUT2D eigenvalue weighted by Crippen LogP contribution is 2.42. The highest BCUT2D eigenvalue weighted by atomic mass is 16.7. The molecule has 2 aromatic carbocycles. The lowest BCUT2D eigenvalue weighted by Gasteiger charge is -2.40. The van der Waals surface area contributed by atoms with Gasteiger partial charge in [-0.05, 0) is 30.9 Å². The number of methoxy groups -OCH3 is 1. The molecule has 1 aliphatic rings. The number of aliphatic hydroxyl groups excluding tert-OH is 3. The Labute approximate surface area is 192 Å². The van der Waals surface area contributed by atoms with E-state index >= 15 is 0 Å². The minimum absolute atomic E-state index is 0.0570. The number of fused-ring (bicyclic) bond motifs is 1. The average Bonchev–Trinajstić information content (AvgIpc) is 2.77. The lowest BCUT2D eigenvalue weighted by atomic mass is 9.96. The number of Topliss-reactive ketones (excluding diaryl/α,β-unsaturated/α-hetero) is 1. The van der Waals surface area contributed by atoms with Gasteiger partial charge in [0.1, 0.15) is 48.3 Å². The third-order valence-electron chi connectivity index (χ3n) is 5.40. The maximum Gasteiger partial charge on any atom is 0.417 e. The number of benzene rings is 2. The number of aliphatic hydroxyl groups is 3. The summed E-state index contributed by atoms with van der Waals surface area (Å²) in [5.74, 6) is -4.03. The number of phenolic OH excluding ortho intramolecular Hbond substituents is 1. The molecule has 0 spiro atoms. The zero-order valence-corrected chi connectivity index (χ0v) is 18.4. The van der Waals surface area contributed by atoms with Crippen molar-refractivity contribution < 1.29 is 58.9 Å². The quantitative estimate of drug-likeness (QED) is 0.210. The number of esters is 1. The molecule has 5 unspecified atom stereocenters. The van der Waals surface area contributed by atoms with Gasteiger partial charge in [-0.2, -0.15) is 0 Å². The van der Waals surface area contributed by atoms with Crippen LogP contribution in [0.4, 0.5) is 0 Å². The van der Waals surface area contributed by atoms with Gasteiger partial charge < -0.3 is 44.5 Å². The number of carboxylic acid groups (broad SMARTS) is 1. The Morgan fingerprint density at radius 2 is 1.74 bits per heavy atom. The number of carbonyl (C=O) groups excluding carboxylic acids is 2. The number of ether oxygens (including phenoxy) is 4. The number of carbonyl (C=O) groups is 3. The van der Waals surface area contributed by atoms with Crippen LogP contribution in [0, 0.1) is 6.92 Å². The number of hydrogen-bond donors (Lipinski definition) is 5. The van der Waals surface area contributed by atoms with Crippen LogP contribution in [0.1, 0.15) is 22.8 Å². The Morgan fingerprint density at radius 3 is 2.32 bits per heavy atom. The van der Waals surface area contributed by atoms with Crippen LogP contribution in [-0.2, 0) is 19.1 Å². The minimum atomic E-state index is -1.87. The van der Waals surface area contributed by atoms with Gasteiger partial charge in [-0.15, -0.1) is 0 Å². The molecule has 5 N–H and O–H groups in total. The van der Waals surface area contributed by atoms with Gasteiger partial charge in [0.25, 0.3) is 0 Å². The molecule has 1 aliphatic heterocycles. The molecule has 184 valence electrons. The standard InChI is InChI=1S/C22H24O12/c1-8-4-10-5-11(31-3)6-12(15(10)17(25)14(8)9(2)23)33-22-19(27)18(26)16(24)13(34-22)7-32-21(30)20(28)29/h4-6,13,16,18-19,22,24-27H,7H2,1-3H3,(H,28,29). The maximum atomic E-state index is 12.1. The van der Waals surface area contributed by atoms with Crippen LogP contribution >= 0.6 is 0 Å². The van der Waals surface area contributed by atoms with Crippen LogP contribution in [0.25, 0.3) is 10.8 Å². The fraction of sp³-hybridized carbons (Fsp3) is 0.409. The number of rotatable bonds is 6. The molecule has 12 heteroatoms. The van der Waals surface area contributed by atoms with E-state index in [-0.39, 0.29) is 22.4 Å². The topological polar surface area (TPSA) is 189 Å². The Kier molecular flexibility index (Phi) is 7.26. The minimum Gasteiger partial charge on any atom is -0.506 e. The molecule has 0 amide bonds. The molecule has 3 rings (SSSR count). The van der Waals surface area contributed by atoms with Crippen molar-refractivity contribution >= 4 is 28.5 Å². The Bertz CT molecular complexity index is 1130. The molecule has 0 saturated carbocycles. The summed E-state index contributed by atoms with van der Waals surface area (Å²) in [6, 6.07) is 4.57. The van der Waals surface area contributed by atoms with Crippen LogP contribution in [0.15, 0.2) is 18.2 Å². The molecule has 0 radical (unpaired) electrons. The number of aryl methyl sites for hydroxylation is 1. The summed E-state index contributed by atoms with van der Waals surface area (Å²) in [6.45, 7) is 2.17. The van der Waals surface area contributed by atoms with E-state index in [1.807, 2.05) is 0 Å². The molecule has 1 fully saturated rings. The number of carboxylic acids is 1. The van der Waals surface area contributed by atoms with Crippen molar-refractivity contribution in [2.24, 2.45) is 0 Å². The summed E-state index contributed by atoms with van der Waals surface area (Å²) in [5, 5.41) is 50.8. The van der Waals surface area contributed by atoms with Crippen LogP contribution < -0.4 is 9.47 Å². The molecule has 0 aliphatic carbocycles. The van der Waals surface area contributed by atoms with Crippen molar-refractivity contribution in [3.63, 3.8) is 0 Å². The third-order valence-corrected chi connectivity index (χ3v) is 5.40. The predicted octanol–water partition coefficient (Wildman–Crippen LogP) is -0.121. The maximum absolute atomic E-state index is 12.1. The first kappa shape index (κ1) is 25.2. The van der Waals surface area contributed by atoms with Crippen molar-refractivity contribution in [3.05, 3.63) is 29.3 Å². The van der Waals surface area contributed by atoms with E-state index < -0.39 is 55.0 Å². The van der Waals surface area contributed by atoms with Gasteiger partial charge in [-0.3, -0.25) is 4.79 Å².